The molecule has 2 heteroatoms. The third-order valence-corrected chi connectivity index (χ3v) is 4.21. The van der Waals surface area contributed by atoms with E-state index in [1.807, 2.05) is 0 Å². The molecule has 2 heterocycles. The van der Waals surface area contributed by atoms with Gasteiger partial charge in [-0.15, -0.1) is 0 Å². The Balaban J connectivity index is 1.85. The summed E-state index contributed by atoms with van der Waals surface area (Å²) in [6, 6.07) is 0.880. The first kappa shape index (κ1) is 10.4. The van der Waals surface area contributed by atoms with Crippen LogP contribution in [0.5, 0.6) is 0 Å². The van der Waals surface area contributed by atoms with Gasteiger partial charge in [0.25, 0.3) is 0 Å². The van der Waals surface area contributed by atoms with Crippen molar-refractivity contribution in [1.82, 2.24) is 9.80 Å². The molecule has 0 aromatic rings. The van der Waals surface area contributed by atoms with Crippen LogP contribution in [0, 0.1) is 11.8 Å². The van der Waals surface area contributed by atoms with Crippen LogP contribution in [-0.2, 0) is 0 Å². The lowest BCUT2D eigenvalue weighted by Crippen LogP contribution is -2.57. The number of likely N-dealkylation sites (tertiary alicyclic amines) is 2. The molecule has 2 aliphatic heterocycles. The predicted octanol–water partition coefficient (Wildman–Crippen LogP) is 1.67. The Labute approximate surface area is 88.3 Å². The van der Waals surface area contributed by atoms with E-state index in [9.17, 15) is 0 Å². The maximum atomic E-state index is 2.74. The smallest absolute Gasteiger partial charge is 0.0350 e. The normalized spacial score (nSPS) is 36.2. The summed E-state index contributed by atoms with van der Waals surface area (Å²) in [4.78, 5) is 5.16. The number of likely N-dealkylation sites (N-methyl/N-ethyl adjacent to an activating group) is 1. The van der Waals surface area contributed by atoms with Crippen LogP contribution in [0.3, 0.4) is 0 Å². The molecule has 2 unspecified atom stereocenters. The van der Waals surface area contributed by atoms with Gasteiger partial charge in [0.05, 0.1) is 0 Å². The van der Waals surface area contributed by atoms with E-state index >= 15 is 0 Å². The van der Waals surface area contributed by atoms with Crippen LogP contribution in [0.4, 0.5) is 0 Å². The Morgan fingerprint density at radius 3 is 1.79 bits per heavy atom. The lowest BCUT2D eigenvalue weighted by Gasteiger charge is -2.42. The van der Waals surface area contributed by atoms with Gasteiger partial charge in [-0.3, -0.25) is 4.90 Å². The molecular formula is C12H24N2. The molecule has 14 heavy (non-hydrogen) atoms. The largest absolute Gasteiger partial charge is 0.303 e. The molecule has 0 aliphatic carbocycles. The summed E-state index contributed by atoms with van der Waals surface area (Å²) < 4.78 is 0. The summed E-state index contributed by atoms with van der Waals surface area (Å²) in [5.74, 6) is 1.96. The Morgan fingerprint density at radius 1 is 0.929 bits per heavy atom. The summed E-state index contributed by atoms with van der Waals surface area (Å²) in [7, 11) is 2.22. The zero-order chi connectivity index (χ0) is 10.1. The fourth-order valence-corrected chi connectivity index (χ4v) is 3.10. The van der Waals surface area contributed by atoms with Gasteiger partial charge in [0, 0.05) is 32.2 Å². The van der Waals surface area contributed by atoms with Gasteiger partial charge >= 0.3 is 0 Å². The monoisotopic (exact) mass is 196 g/mol. The van der Waals surface area contributed by atoms with Gasteiger partial charge in [-0.1, -0.05) is 26.7 Å². The van der Waals surface area contributed by atoms with Crippen LogP contribution in [0.15, 0.2) is 0 Å². The van der Waals surface area contributed by atoms with Crippen molar-refractivity contribution < 1.29 is 0 Å². The zero-order valence-electron chi connectivity index (χ0n) is 9.87. The molecule has 2 rings (SSSR count). The van der Waals surface area contributed by atoms with Gasteiger partial charge in [0.1, 0.15) is 0 Å². The van der Waals surface area contributed by atoms with Crippen molar-refractivity contribution in [2.75, 3.05) is 33.2 Å². The first-order chi connectivity index (χ1) is 6.74. The topological polar surface area (TPSA) is 6.48 Å². The minimum Gasteiger partial charge on any atom is -0.303 e. The number of rotatable bonds is 3. The molecule has 0 bridgehead atoms. The van der Waals surface area contributed by atoms with E-state index in [2.05, 4.69) is 30.7 Å². The second-order valence-corrected chi connectivity index (χ2v) is 5.17. The average Bonchev–Trinajstić information content (AvgIpc) is 2.55. The SMILES string of the molecule is CCC1CN(C2CN(C)C2)CC1CC. The van der Waals surface area contributed by atoms with Gasteiger partial charge in [-0.2, -0.15) is 0 Å². The first-order valence-electron chi connectivity index (χ1n) is 6.17. The van der Waals surface area contributed by atoms with E-state index in [1.165, 1.54) is 39.0 Å². The van der Waals surface area contributed by atoms with E-state index in [4.69, 9.17) is 0 Å². The average molecular weight is 196 g/mol. The number of hydrogen-bond acceptors (Lipinski definition) is 2. The Bertz CT molecular complexity index is 175. The fraction of sp³-hybridized carbons (Fsp3) is 1.00. The summed E-state index contributed by atoms with van der Waals surface area (Å²) >= 11 is 0. The zero-order valence-corrected chi connectivity index (χ0v) is 9.87. The van der Waals surface area contributed by atoms with Crippen LogP contribution in [-0.4, -0.2) is 49.1 Å². The molecule has 2 aliphatic rings. The lowest BCUT2D eigenvalue weighted by atomic mass is 9.92. The lowest BCUT2D eigenvalue weighted by molar-refractivity contribution is 0.0649. The molecule has 2 nitrogen and oxygen atoms in total. The van der Waals surface area contributed by atoms with Crippen molar-refractivity contribution in [1.29, 1.82) is 0 Å². The summed E-state index contributed by atoms with van der Waals surface area (Å²) in [5.41, 5.74) is 0. The molecule has 0 spiro atoms. The summed E-state index contributed by atoms with van der Waals surface area (Å²) in [5, 5.41) is 0. The molecule has 2 atom stereocenters. The van der Waals surface area contributed by atoms with Gasteiger partial charge in [-0.25, -0.2) is 0 Å². The van der Waals surface area contributed by atoms with Gasteiger partial charge in [0.15, 0.2) is 0 Å². The number of nitrogens with zero attached hydrogens (tertiary/aromatic N) is 2. The Hall–Kier alpha value is -0.0800. The Kier molecular flexibility index (Phi) is 3.13. The molecular weight excluding hydrogens is 172 g/mol. The van der Waals surface area contributed by atoms with Gasteiger partial charge in [-0.05, 0) is 18.9 Å². The molecule has 0 aromatic heterocycles. The van der Waals surface area contributed by atoms with Crippen LogP contribution in [0.1, 0.15) is 26.7 Å². The van der Waals surface area contributed by atoms with E-state index in [0.29, 0.717) is 0 Å². The van der Waals surface area contributed by atoms with Crippen LogP contribution in [0.2, 0.25) is 0 Å². The highest BCUT2D eigenvalue weighted by Gasteiger charge is 2.37. The molecule has 0 N–H and O–H groups in total. The third-order valence-electron chi connectivity index (χ3n) is 4.21. The molecule has 2 fully saturated rings. The minimum absolute atomic E-state index is 0.880. The van der Waals surface area contributed by atoms with Crippen molar-refractivity contribution in [2.24, 2.45) is 11.8 Å². The maximum absolute atomic E-state index is 2.74. The van der Waals surface area contributed by atoms with Crippen LogP contribution in [0.25, 0.3) is 0 Å². The highest BCUT2D eigenvalue weighted by Crippen LogP contribution is 2.31. The van der Waals surface area contributed by atoms with Crippen molar-refractivity contribution in [3.8, 4) is 0 Å². The second kappa shape index (κ2) is 4.19. The van der Waals surface area contributed by atoms with Gasteiger partial charge in [0.2, 0.25) is 0 Å². The molecule has 0 amide bonds. The summed E-state index contributed by atoms with van der Waals surface area (Å²) in [6.07, 6.45) is 2.75. The molecule has 82 valence electrons. The molecule has 0 radical (unpaired) electrons. The molecule has 2 saturated heterocycles. The fourth-order valence-electron chi connectivity index (χ4n) is 3.10. The summed E-state index contributed by atoms with van der Waals surface area (Å²) in [6.45, 7) is 10.0. The Morgan fingerprint density at radius 2 is 1.43 bits per heavy atom. The van der Waals surface area contributed by atoms with E-state index in [-0.39, 0.29) is 0 Å². The predicted molar refractivity (Wildman–Crippen MR) is 60.4 cm³/mol. The van der Waals surface area contributed by atoms with Crippen LogP contribution >= 0.6 is 0 Å². The second-order valence-electron chi connectivity index (χ2n) is 5.17. The highest BCUT2D eigenvalue weighted by molar-refractivity contribution is 4.92. The molecule has 0 aromatic carbocycles. The van der Waals surface area contributed by atoms with Crippen molar-refractivity contribution in [3.63, 3.8) is 0 Å². The van der Waals surface area contributed by atoms with Crippen LogP contribution < -0.4 is 0 Å². The van der Waals surface area contributed by atoms with Crippen molar-refractivity contribution in [2.45, 2.75) is 32.7 Å². The molecule has 0 saturated carbocycles. The maximum Gasteiger partial charge on any atom is 0.0350 e. The minimum atomic E-state index is 0.880. The van der Waals surface area contributed by atoms with E-state index in [1.54, 1.807) is 0 Å². The van der Waals surface area contributed by atoms with Gasteiger partial charge < -0.3 is 4.90 Å². The number of hydrogen-bond donors (Lipinski definition) is 0. The standard InChI is InChI=1S/C12H24N2/c1-4-10-6-14(7-11(10)5-2)12-8-13(3)9-12/h10-12H,4-9H2,1-3H3. The van der Waals surface area contributed by atoms with E-state index in [0.717, 1.165) is 17.9 Å². The van der Waals surface area contributed by atoms with Crippen molar-refractivity contribution >= 4 is 0 Å². The quantitative estimate of drug-likeness (QED) is 0.677. The van der Waals surface area contributed by atoms with E-state index < -0.39 is 0 Å². The highest BCUT2D eigenvalue weighted by atomic mass is 15.3. The first-order valence-corrected chi connectivity index (χ1v) is 6.17. The third kappa shape index (κ3) is 1.82. The van der Waals surface area contributed by atoms with Crippen molar-refractivity contribution in [3.05, 3.63) is 0 Å².